The molecule has 0 aliphatic carbocycles. The van der Waals surface area contributed by atoms with Crippen molar-refractivity contribution >= 4 is 11.6 Å². The Bertz CT molecular complexity index is 264. The lowest BCUT2D eigenvalue weighted by molar-refractivity contribution is 0.100. The van der Waals surface area contributed by atoms with E-state index in [1.165, 1.54) is 11.6 Å². The fourth-order valence-corrected chi connectivity index (χ4v) is 0.819. The second kappa shape index (κ2) is 2.13. The third-order valence-electron chi connectivity index (χ3n) is 1.26. The molecule has 0 radical (unpaired) electrons. The van der Waals surface area contributed by atoms with Gasteiger partial charge in [-0.3, -0.25) is 9.48 Å². The van der Waals surface area contributed by atoms with Gasteiger partial charge in [0.1, 0.15) is 11.5 Å². The van der Waals surface area contributed by atoms with Crippen LogP contribution in [0.1, 0.15) is 17.4 Å². The average molecular weight is 139 g/mol. The van der Waals surface area contributed by atoms with Gasteiger partial charge in [0, 0.05) is 20.0 Å². The zero-order valence-corrected chi connectivity index (χ0v) is 5.96. The van der Waals surface area contributed by atoms with Crippen molar-refractivity contribution in [2.24, 2.45) is 7.05 Å². The van der Waals surface area contributed by atoms with Crippen molar-refractivity contribution in [1.29, 1.82) is 0 Å². The molecule has 0 aromatic carbocycles. The first-order chi connectivity index (χ1) is 4.61. The van der Waals surface area contributed by atoms with Gasteiger partial charge < -0.3 is 5.73 Å². The van der Waals surface area contributed by atoms with Crippen molar-refractivity contribution < 1.29 is 4.79 Å². The Labute approximate surface area is 58.6 Å². The minimum absolute atomic E-state index is 0.0216. The van der Waals surface area contributed by atoms with E-state index in [1.807, 2.05) is 0 Å². The molecule has 4 heteroatoms. The highest BCUT2D eigenvalue weighted by molar-refractivity contribution is 5.93. The number of hydrogen-bond donors (Lipinski definition) is 1. The molecule has 0 bridgehead atoms. The fourth-order valence-electron chi connectivity index (χ4n) is 0.819. The van der Waals surface area contributed by atoms with E-state index in [4.69, 9.17) is 5.73 Å². The summed E-state index contributed by atoms with van der Waals surface area (Å²) in [5.74, 6) is 0.361. The van der Waals surface area contributed by atoms with Gasteiger partial charge in [0.25, 0.3) is 0 Å². The van der Waals surface area contributed by atoms with Gasteiger partial charge in [-0.15, -0.1) is 0 Å². The lowest BCUT2D eigenvalue weighted by atomic mass is 10.3. The van der Waals surface area contributed by atoms with Crippen LogP contribution in [0.4, 0.5) is 5.82 Å². The number of rotatable bonds is 1. The Kier molecular flexibility index (Phi) is 1.45. The zero-order chi connectivity index (χ0) is 7.72. The lowest BCUT2D eigenvalue weighted by Gasteiger charge is -1.91. The van der Waals surface area contributed by atoms with E-state index in [-0.39, 0.29) is 5.78 Å². The van der Waals surface area contributed by atoms with E-state index in [9.17, 15) is 4.79 Å². The van der Waals surface area contributed by atoms with Crippen LogP contribution in [0.2, 0.25) is 0 Å². The molecule has 0 fully saturated rings. The normalized spacial score (nSPS) is 9.80. The molecule has 4 nitrogen and oxygen atoms in total. The average Bonchev–Trinajstić information content (AvgIpc) is 2.10. The molecule has 54 valence electrons. The summed E-state index contributed by atoms with van der Waals surface area (Å²) >= 11 is 0. The summed E-state index contributed by atoms with van der Waals surface area (Å²) in [6.07, 6.45) is 0. The standard InChI is InChI=1S/C6H9N3O/c1-4(10)5-3-6(7)8-9(5)2/h3H,1-2H3,(H2,7,8). The van der Waals surface area contributed by atoms with Crippen LogP contribution in [0.5, 0.6) is 0 Å². The van der Waals surface area contributed by atoms with Crippen LogP contribution in [0.15, 0.2) is 6.07 Å². The van der Waals surface area contributed by atoms with Gasteiger partial charge in [0.05, 0.1) is 0 Å². The summed E-state index contributed by atoms with van der Waals surface area (Å²) < 4.78 is 1.47. The highest BCUT2D eigenvalue weighted by atomic mass is 16.1. The predicted molar refractivity (Wildman–Crippen MR) is 37.6 cm³/mol. The molecule has 0 saturated heterocycles. The minimum Gasteiger partial charge on any atom is -0.382 e. The molecular formula is C6H9N3O. The van der Waals surface area contributed by atoms with E-state index in [0.29, 0.717) is 11.5 Å². The molecule has 0 spiro atoms. The number of nitrogen functional groups attached to an aromatic ring is 1. The molecule has 0 unspecified atom stereocenters. The second-order valence-electron chi connectivity index (χ2n) is 2.13. The smallest absolute Gasteiger partial charge is 0.177 e. The predicted octanol–water partition coefficient (Wildman–Crippen LogP) is 0.205. The van der Waals surface area contributed by atoms with E-state index in [0.717, 1.165) is 0 Å². The summed E-state index contributed by atoms with van der Waals surface area (Å²) in [6, 6.07) is 1.56. The Morgan fingerprint density at radius 1 is 1.80 bits per heavy atom. The van der Waals surface area contributed by atoms with Crippen molar-refractivity contribution in [2.45, 2.75) is 6.92 Å². The Morgan fingerprint density at radius 2 is 2.40 bits per heavy atom. The van der Waals surface area contributed by atoms with Gasteiger partial charge >= 0.3 is 0 Å². The fraction of sp³-hybridized carbons (Fsp3) is 0.333. The van der Waals surface area contributed by atoms with Gasteiger partial charge in [0.2, 0.25) is 0 Å². The molecule has 0 saturated carbocycles. The van der Waals surface area contributed by atoms with Crippen LogP contribution in [-0.2, 0) is 7.05 Å². The quantitative estimate of drug-likeness (QED) is 0.565. The Morgan fingerprint density at radius 3 is 2.60 bits per heavy atom. The number of Topliss-reactive ketones (excluding diaryl/α,β-unsaturated/α-hetero) is 1. The molecule has 0 aliphatic heterocycles. The minimum atomic E-state index is -0.0216. The number of carbonyl (C=O) groups is 1. The van der Waals surface area contributed by atoms with Crippen LogP contribution in [0.25, 0.3) is 0 Å². The number of anilines is 1. The summed E-state index contributed by atoms with van der Waals surface area (Å²) in [6.45, 7) is 1.48. The molecule has 0 aliphatic rings. The SMILES string of the molecule is CC(=O)c1cc(N)nn1C. The molecule has 1 rings (SSSR count). The summed E-state index contributed by atoms with van der Waals surface area (Å²) in [5.41, 5.74) is 5.87. The highest BCUT2D eigenvalue weighted by Gasteiger charge is 2.05. The third kappa shape index (κ3) is 1.00. The zero-order valence-electron chi connectivity index (χ0n) is 5.96. The monoisotopic (exact) mass is 139 g/mol. The van der Waals surface area contributed by atoms with Gasteiger partial charge in [-0.05, 0) is 0 Å². The molecular weight excluding hydrogens is 130 g/mol. The first kappa shape index (κ1) is 6.80. The Balaban J connectivity index is 3.15. The van der Waals surface area contributed by atoms with Crippen LogP contribution < -0.4 is 5.73 Å². The highest BCUT2D eigenvalue weighted by Crippen LogP contribution is 2.03. The van der Waals surface area contributed by atoms with Gasteiger partial charge in [-0.1, -0.05) is 0 Å². The van der Waals surface area contributed by atoms with Crippen molar-refractivity contribution in [3.05, 3.63) is 11.8 Å². The number of nitrogens with two attached hydrogens (primary N) is 1. The van der Waals surface area contributed by atoms with E-state index in [1.54, 1.807) is 13.1 Å². The van der Waals surface area contributed by atoms with Crippen molar-refractivity contribution in [2.75, 3.05) is 5.73 Å². The number of aromatic nitrogens is 2. The van der Waals surface area contributed by atoms with E-state index < -0.39 is 0 Å². The van der Waals surface area contributed by atoms with Gasteiger partial charge in [-0.2, -0.15) is 5.10 Å². The number of nitrogens with zero attached hydrogens (tertiary/aromatic N) is 2. The van der Waals surface area contributed by atoms with Crippen LogP contribution in [-0.4, -0.2) is 15.6 Å². The molecule has 1 aromatic heterocycles. The lowest BCUT2D eigenvalue weighted by Crippen LogP contribution is -2.02. The molecule has 10 heavy (non-hydrogen) atoms. The summed E-state index contributed by atoms with van der Waals surface area (Å²) in [5, 5.41) is 3.81. The van der Waals surface area contributed by atoms with Crippen LogP contribution >= 0.6 is 0 Å². The number of hydrogen-bond acceptors (Lipinski definition) is 3. The van der Waals surface area contributed by atoms with Crippen LogP contribution in [0, 0.1) is 0 Å². The Hall–Kier alpha value is -1.32. The molecule has 1 aromatic rings. The van der Waals surface area contributed by atoms with Crippen molar-refractivity contribution in [1.82, 2.24) is 9.78 Å². The number of carbonyl (C=O) groups excluding carboxylic acids is 1. The van der Waals surface area contributed by atoms with Crippen LogP contribution in [0.3, 0.4) is 0 Å². The van der Waals surface area contributed by atoms with Gasteiger partial charge in [0.15, 0.2) is 5.78 Å². The third-order valence-corrected chi connectivity index (χ3v) is 1.26. The number of ketones is 1. The maximum Gasteiger partial charge on any atom is 0.177 e. The maximum absolute atomic E-state index is 10.8. The van der Waals surface area contributed by atoms with Crippen molar-refractivity contribution in [3.63, 3.8) is 0 Å². The number of aryl methyl sites for hydroxylation is 1. The molecule has 0 atom stereocenters. The maximum atomic E-state index is 10.8. The largest absolute Gasteiger partial charge is 0.382 e. The second-order valence-corrected chi connectivity index (χ2v) is 2.13. The van der Waals surface area contributed by atoms with Crippen molar-refractivity contribution in [3.8, 4) is 0 Å². The summed E-state index contributed by atoms with van der Waals surface area (Å²) in [7, 11) is 1.69. The molecule has 0 amide bonds. The summed E-state index contributed by atoms with van der Waals surface area (Å²) in [4.78, 5) is 10.8. The topological polar surface area (TPSA) is 60.9 Å². The first-order valence-electron chi connectivity index (χ1n) is 2.91. The van der Waals surface area contributed by atoms with Gasteiger partial charge in [-0.25, -0.2) is 0 Å². The molecule has 2 N–H and O–H groups in total. The van der Waals surface area contributed by atoms with E-state index in [2.05, 4.69) is 5.10 Å². The first-order valence-corrected chi connectivity index (χ1v) is 2.91. The van der Waals surface area contributed by atoms with E-state index >= 15 is 0 Å². The molecule has 1 heterocycles.